The average molecular weight is 267 g/mol. The first kappa shape index (κ1) is 14.3. The van der Waals surface area contributed by atoms with E-state index in [-0.39, 0.29) is 6.04 Å². The number of aryl methyl sites for hydroxylation is 1. The van der Waals surface area contributed by atoms with Gasteiger partial charge in [-0.1, -0.05) is 0 Å². The number of nitrogens with one attached hydrogen (secondary N) is 1. The van der Waals surface area contributed by atoms with Crippen molar-refractivity contribution in [3.8, 4) is 0 Å². The Hall–Kier alpha value is -1.07. The molecule has 0 saturated heterocycles. The van der Waals surface area contributed by atoms with Gasteiger partial charge in [0.05, 0.1) is 24.4 Å². The van der Waals surface area contributed by atoms with E-state index in [2.05, 4.69) is 28.0 Å². The second-order valence-corrected chi connectivity index (χ2v) is 5.39. The van der Waals surface area contributed by atoms with E-state index in [4.69, 9.17) is 9.47 Å². The number of rotatable bonds is 6. The summed E-state index contributed by atoms with van der Waals surface area (Å²) in [5, 5.41) is 3.43. The van der Waals surface area contributed by atoms with Gasteiger partial charge in [-0.15, -0.1) is 0 Å². The summed E-state index contributed by atoms with van der Waals surface area (Å²) in [7, 11) is 3.52. The molecule has 0 radical (unpaired) electrons. The van der Waals surface area contributed by atoms with Crippen molar-refractivity contribution in [2.75, 3.05) is 26.1 Å². The molecule has 1 aliphatic rings. The predicted molar refractivity (Wildman–Crippen MR) is 75.6 cm³/mol. The van der Waals surface area contributed by atoms with Crippen molar-refractivity contribution in [2.24, 2.45) is 0 Å². The molecule has 5 heteroatoms. The minimum Gasteiger partial charge on any atom is -0.383 e. The fourth-order valence-corrected chi connectivity index (χ4v) is 2.89. The SMILES string of the molecule is COCC(C)Nc1nc(C)cn1C1CCCC1OC. The second kappa shape index (κ2) is 6.39. The van der Waals surface area contributed by atoms with Gasteiger partial charge in [-0.2, -0.15) is 0 Å². The number of hydrogen-bond donors (Lipinski definition) is 1. The Morgan fingerprint density at radius 2 is 2.26 bits per heavy atom. The Morgan fingerprint density at radius 3 is 2.95 bits per heavy atom. The topological polar surface area (TPSA) is 48.3 Å². The molecule has 1 N–H and O–H groups in total. The number of aromatic nitrogens is 2. The molecule has 1 fully saturated rings. The molecule has 0 amide bonds. The van der Waals surface area contributed by atoms with E-state index >= 15 is 0 Å². The summed E-state index contributed by atoms with van der Waals surface area (Å²) in [4.78, 5) is 4.59. The zero-order valence-corrected chi connectivity index (χ0v) is 12.3. The first-order valence-electron chi connectivity index (χ1n) is 6.99. The van der Waals surface area contributed by atoms with Crippen molar-refractivity contribution in [2.45, 2.75) is 51.3 Å². The first-order chi connectivity index (χ1) is 9.15. The van der Waals surface area contributed by atoms with Crippen LogP contribution in [0.15, 0.2) is 6.20 Å². The van der Waals surface area contributed by atoms with Crippen LogP contribution in [0.3, 0.4) is 0 Å². The maximum absolute atomic E-state index is 5.59. The molecule has 0 aromatic carbocycles. The zero-order chi connectivity index (χ0) is 13.8. The Kier molecular flexibility index (Phi) is 4.82. The van der Waals surface area contributed by atoms with Gasteiger partial charge >= 0.3 is 0 Å². The summed E-state index contributed by atoms with van der Waals surface area (Å²) < 4.78 is 13.0. The van der Waals surface area contributed by atoms with Crippen LogP contribution in [-0.2, 0) is 9.47 Å². The molecule has 19 heavy (non-hydrogen) atoms. The Balaban J connectivity index is 2.15. The molecule has 3 atom stereocenters. The summed E-state index contributed by atoms with van der Waals surface area (Å²) in [6.45, 7) is 4.80. The third kappa shape index (κ3) is 3.28. The van der Waals surface area contributed by atoms with Gasteiger partial charge in [0, 0.05) is 26.5 Å². The Labute approximate surface area is 115 Å². The van der Waals surface area contributed by atoms with Crippen molar-refractivity contribution in [1.29, 1.82) is 0 Å². The highest BCUT2D eigenvalue weighted by Gasteiger charge is 2.30. The van der Waals surface area contributed by atoms with Crippen molar-refractivity contribution in [1.82, 2.24) is 9.55 Å². The van der Waals surface area contributed by atoms with Gasteiger partial charge in [-0.3, -0.25) is 0 Å². The van der Waals surface area contributed by atoms with Crippen LogP contribution in [-0.4, -0.2) is 42.5 Å². The monoisotopic (exact) mass is 267 g/mol. The third-order valence-electron chi connectivity index (χ3n) is 3.72. The molecule has 2 rings (SSSR count). The maximum atomic E-state index is 5.59. The van der Waals surface area contributed by atoms with Gasteiger partial charge in [0.2, 0.25) is 5.95 Å². The lowest BCUT2D eigenvalue weighted by molar-refractivity contribution is 0.0754. The highest BCUT2D eigenvalue weighted by atomic mass is 16.5. The third-order valence-corrected chi connectivity index (χ3v) is 3.72. The highest BCUT2D eigenvalue weighted by Crippen LogP contribution is 2.34. The van der Waals surface area contributed by atoms with E-state index in [1.807, 2.05) is 6.92 Å². The quantitative estimate of drug-likeness (QED) is 0.859. The smallest absolute Gasteiger partial charge is 0.203 e. The highest BCUT2D eigenvalue weighted by molar-refractivity contribution is 5.31. The molecule has 0 bridgehead atoms. The standard InChI is InChI=1S/C14H25N3O2/c1-10-8-17(12-6-5-7-13(12)19-4)14(15-10)16-11(2)9-18-3/h8,11-13H,5-7,9H2,1-4H3,(H,15,16). The lowest BCUT2D eigenvalue weighted by Crippen LogP contribution is -2.26. The van der Waals surface area contributed by atoms with E-state index in [9.17, 15) is 0 Å². The van der Waals surface area contributed by atoms with Crippen LogP contribution >= 0.6 is 0 Å². The number of anilines is 1. The predicted octanol–water partition coefficient (Wildman–Crippen LogP) is 2.38. The van der Waals surface area contributed by atoms with E-state index in [1.165, 1.54) is 6.42 Å². The van der Waals surface area contributed by atoms with E-state index in [1.54, 1.807) is 14.2 Å². The summed E-state index contributed by atoms with van der Waals surface area (Å²) in [6.07, 6.45) is 5.91. The molecule has 108 valence electrons. The number of imidazole rings is 1. The van der Waals surface area contributed by atoms with E-state index < -0.39 is 0 Å². The second-order valence-electron chi connectivity index (χ2n) is 5.39. The van der Waals surface area contributed by atoms with E-state index in [0.29, 0.717) is 18.8 Å². The first-order valence-corrected chi connectivity index (χ1v) is 6.99. The number of hydrogen-bond acceptors (Lipinski definition) is 4. The van der Waals surface area contributed by atoms with Crippen LogP contribution in [0.25, 0.3) is 0 Å². The molecule has 5 nitrogen and oxygen atoms in total. The maximum Gasteiger partial charge on any atom is 0.203 e. The fourth-order valence-electron chi connectivity index (χ4n) is 2.89. The van der Waals surface area contributed by atoms with Gasteiger partial charge in [-0.25, -0.2) is 4.98 Å². The van der Waals surface area contributed by atoms with Crippen LogP contribution in [0.4, 0.5) is 5.95 Å². The number of ether oxygens (including phenoxy) is 2. The van der Waals surface area contributed by atoms with Crippen LogP contribution in [0, 0.1) is 6.92 Å². The molecule has 1 aliphatic carbocycles. The molecular weight excluding hydrogens is 242 g/mol. The molecule has 3 unspecified atom stereocenters. The van der Waals surface area contributed by atoms with Crippen molar-refractivity contribution >= 4 is 5.95 Å². The van der Waals surface area contributed by atoms with Gasteiger partial charge in [0.15, 0.2) is 0 Å². The minimum absolute atomic E-state index is 0.243. The average Bonchev–Trinajstić information content (AvgIpc) is 2.95. The van der Waals surface area contributed by atoms with Gasteiger partial charge < -0.3 is 19.4 Å². The van der Waals surface area contributed by atoms with Crippen molar-refractivity contribution in [3.05, 3.63) is 11.9 Å². The lowest BCUT2D eigenvalue weighted by Gasteiger charge is -2.23. The van der Waals surface area contributed by atoms with Crippen LogP contribution < -0.4 is 5.32 Å². The summed E-state index contributed by atoms with van der Waals surface area (Å²) >= 11 is 0. The fraction of sp³-hybridized carbons (Fsp3) is 0.786. The molecule has 1 aromatic rings. The summed E-state index contributed by atoms with van der Waals surface area (Å²) in [5.74, 6) is 0.927. The molecule has 1 heterocycles. The van der Waals surface area contributed by atoms with Crippen molar-refractivity contribution in [3.63, 3.8) is 0 Å². The summed E-state index contributed by atoms with van der Waals surface area (Å²) in [5.41, 5.74) is 1.04. The molecule has 0 spiro atoms. The van der Waals surface area contributed by atoms with Crippen LogP contribution in [0.2, 0.25) is 0 Å². The zero-order valence-electron chi connectivity index (χ0n) is 12.3. The van der Waals surface area contributed by atoms with Crippen molar-refractivity contribution < 1.29 is 9.47 Å². The van der Waals surface area contributed by atoms with Gasteiger partial charge in [-0.05, 0) is 33.1 Å². The number of methoxy groups -OCH3 is 2. The molecule has 1 aromatic heterocycles. The largest absolute Gasteiger partial charge is 0.383 e. The minimum atomic E-state index is 0.243. The lowest BCUT2D eigenvalue weighted by atomic mass is 10.2. The molecular formula is C14H25N3O2. The molecule has 0 aliphatic heterocycles. The Bertz CT molecular complexity index is 405. The number of nitrogens with zero attached hydrogens (tertiary/aromatic N) is 2. The van der Waals surface area contributed by atoms with Crippen LogP contribution in [0.5, 0.6) is 0 Å². The van der Waals surface area contributed by atoms with Gasteiger partial charge in [0.25, 0.3) is 0 Å². The summed E-state index contributed by atoms with van der Waals surface area (Å²) in [6, 6.07) is 0.636. The van der Waals surface area contributed by atoms with Gasteiger partial charge in [0.1, 0.15) is 0 Å². The van der Waals surface area contributed by atoms with Crippen LogP contribution in [0.1, 0.15) is 37.9 Å². The Morgan fingerprint density at radius 1 is 1.47 bits per heavy atom. The molecule has 1 saturated carbocycles. The van der Waals surface area contributed by atoms with E-state index in [0.717, 1.165) is 24.5 Å². The normalized spacial score (nSPS) is 24.6.